The topological polar surface area (TPSA) is 17.8 Å². The lowest BCUT2D eigenvalue weighted by atomic mass is 9.98. The Balaban J connectivity index is 2.98. The summed E-state index contributed by atoms with van der Waals surface area (Å²) in [5.41, 5.74) is 1.32. The van der Waals surface area contributed by atoms with Crippen LogP contribution in [0.15, 0.2) is 6.20 Å². The summed E-state index contributed by atoms with van der Waals surface area (Å²) >= 11 is 0. The van der Waals surface area contributed by atoms with Crippen molar-refractivity contribution >= 4 is 0 Å². The third-order valence-corrected chi connectivity index (χ3v) is 2.52. The summed E-state index contributed by atoms with van der Waals surface area (Å²) in [6.45, 7) is 10.9. The minimum Gasteiger partial charge on any atom is -0.329 e. The van der Waals surface area contributed by atoms with Gasteiger partial charge in [-0.1, -0.05) is 13.3 Å². The average Bonchev–Trinajstić information content (AvgIpc) is 2.30. The Bertz CT molecular complexity index is 284. The van der Waals surface area contributed by atoms with E-state index in [9.17, 15) is 0 Å². The molecule has 0 fully saturated rings. The molecule has 0 aromatic carbocycles. The molecule has 0 unspecified atom stereocenters. The highest BCUT2D eigenvalue weighted by Crippen LogP contribution is 2.23. The normalized spacial score (nSPS) is 12.1. The molecule has 2 nitrogen and oxygen atoms in total. The number of hydrogen-bond acceptors (Lipinski definition) is 1. The first-order valence-electron chi connectivity index (χ1n) is 5.00. The summed E-state index contributed by atoms with van der Waals surface area (Å²) in [7, 11) is 0. The second-order valence-corrected chi connectivity index (χ2v) is 4.36. The van der Waals surface area contributed by atoms with Crippen molar-refractivity contribution < 1.29 is 0 Å². The highest BCUT2D eigenvalue weighted by atomic mass is 15.1. The van der Waals surface area contributed by atoms with Crippen molar-refractivity contribution in [3.63, 3.8) is 0 Å². The van der Waals surface area contributed by atoms with Crippen molar-refractivity contribution in [2.24, 2.45) is 0 Å². The van der Waals surface area contributed by atoms with E-state index in [1.165, 1.54) is 12.8 Å². The number of imidazole rings is 1. The molecule has 0 aliphatic heterocycles. The smallest absolute Gasteiger partial charge is 0.106 e. The van der Waals surface area contributed by atoms with Gasteiger partial charge in [0.25, 0.3) is 0 Å². The Kier molecular flexibility index (Phi) is 2.79. The van der Waals surface area contributed by atoms with Crippen LogP contribution in [0.3, 0.4) is 0 Å². The molecule has 2 heteroatoms. The summed E-state index contributed by atoms with van der Waals surface area (Å²) in [4.78, 5) is 4.42. The molecule has 13 heavy (non-hydrogen) atoms. The fourth-order valence-corrected chi connectivity index (χ4v) is 1.96. The molecule has 1 rings (SSSR count). The molecule has 0 aliphatic carbocycles. The fourth-order valence-electron chi connectivity index (χ4n) is 1.96. The molecule has 0 spiro atoms. The maximum absolute atomic E-state index is 4.42. The SMILES string of the molecule is CCCC(C)(C)n1cc(C)nc1C. The molecule has 0 saturated heterocycles. The number of nitrogens with zero attached hydrogens (tertiary/aromatic N) is 2. The summed E-state index contributed by atoms with van der Waals surface area (Å²) in [5, 5.41) is 0. The first kappa shape index (κ1) is 10.3. The predicted molar refractivity (Wildman–Crippen MR) is 55.9 cm³/mol. The summed E-state index contributed by atoms with van der Waals surface area (Å²) in [5.74, 6) is 1.12. The monoisotopic (exact) mass is 180 g/mol. The summed E-state index contributed by atoms with van der Waals surface area (Å²) < 4.78 is 2.28. The maximum atomic E-state index is 4.42. The van der Waals surface area contributed by atoms with Gasteiger partial charge in [-0.3, -0.25) is 0 Å². The van der Waals surface area contributed by atoms with Crippen LogP contribution in [-0.4, -0.2) is 9.55 Å². The molecule has 74 valence electrons. The van der Waals surface area contributed by atoms with Gasteiger partial charge in [-0.05, 0) is 34.1 Å². The lowest BCUT2D eigenvalue weighted by Gasteiger charge is -2.27. The Labute approximate surface area is 81.0 Å². The van der Waals surface area contributed by atoms with Crippen LogP contribution in [-0.2, 0) is 5.54 Å². The maximum Gasteiger partial charge on any atom is 0.106 e. The number of hydrogen-bond donors (Lipinski definition) is 0. The first-order valence-corrected chi connectivity index (χ1v) is 5.00. The van der Waals surface area contributed by atoms with Gasteiger partial charge in [0.05, 0.1) is 5.69 Å². The first-order chi connectivity index (χ1) is 5.97. The van der Waals surface area contributed by atoms with Crippen LogP contribution in [0.4, 0.5) is 0 Å². The average molecular weight is 180 g/mol. The molecule has 1 heterocycles. The predicted octanol–water partition coefficient (Wildman–Crippen LogP) is 3.04. The highest BCUT2D eigenvalue weighted by molar-refractivity contribution is 5.04. The molecule has 0 N–H and O–H groups in total. The zero-order valence-corrected chi connectivity index (χ0v) is 9.39. The Hall–Kier alpha value is -0.790. The van der Waals surface area contributed by atoms with Crippen LogP contribution >= 0.6 is 0 Å². The van der Waals surface area contributed by atoms with Crippen LogP contribution < -0.4 is 0 Å². The molecule has 1 aromatic rings. The van der Waals surface area contributed by atoms with E-state index in [1.807, 2.05) is 6.92 Å². The fraction of sp³-hybridized carbons (Fsp3) is 0.727. The zero-order chi connectivity index (χ0) is 10.1. The van der Waals surface area contributed by atoms with Gasteiger partial charge in [0, 0.05) is 11.7 Å². The molecule has 0 atom stereocenters. The van der Waals surface area contributed by atoms with E-state index in [4.69, 9.17) is 0 Å². The van der Waals surface area contributed by atoms with Crippen molar-refractivity contribution in [3.8, 4) is 0 Å². The van der Waals surface area contributed by atoms with Gasteiger partial charge < -0.3 is 4.57 Å². The lowest BCUT2D eigenvalue weighted by Crippen LogP contribution is -2.26. The van der Waals surface area contributed by atoms with E-state index in [0.717, 1.165) is 11.5 Å². The lowest BCUT2D eigenvalue weighted by molar-refractivity contribution is 0.317. The van der Waals surface area contributed by atoms with Gasteiger partial charge in [-0.2, -0.15) is 0 Å². The van der Waals surface area contributed by atoms with Crippen molar-refractivity contribution in [1.29, 1.82) is 0 Å². The number of aromatic nitrogens is 2. The number of rotatable bonds is 3. The van der Waals surface area contributed by atoms with Gasteiger partial charge in [-0.15, -0.1) is 0 Å². The minimum atomic E-state index is 0.208. The van der Waals surface area contributed by atoms with E-state index in [1.54, 1.807) is 0 Å². The molecule has 0 aliphatic rings. The van der Waals surface area contributed by atoms with Crippen LogP contribution in [0.1, 0.15) is 45.1 Å². The molecule has 0 amide bonds. The van der Waals surface area contributed by atoms with E-state index >= 15 is 0 Å². The van der Waals surface area contributed by atoms with Crippen LogP contribution in [0.2, 0.25) is 0 Å². The number of aryl methyl sites for hydroxylation is 2. The Morgan fingerprint density at radius 2 is 2.00 bits per heavy atom. The van der Waals surface area contributed by atoms with E-state index in [0.29, 0.717) is 0 Å². The molecular formula is C11H20N2. The third kappa shape index (κ3) is 2.11. The Morgan fingerprint density at radius 1 is 1.38 bits per heavy atom. The third-order valence-electron chi connectivity index (χ3n) is 2.52. The molecule has 1 aromatic heterocycles. The van der Waals surface area contributed by atoms with Crippen LogP contribution in [0.5, 0.6) is 0 Å². The quantitative estimate of drug-likeness (QED) is 0.699. The van der Waals surface area contributed by atoms with Gasteiger partial charge in [0.2, 0.25) is 0 Å². The second kappa shape index (κ2) is 3.52. The van der Waals surface area contributed by atoms with Gasteiger partial charge >= 0.3 is 0 Å². The zero-order valence-electron chi connectivity index (χ0n) is 9.39. The highest BCUT2D eigenvalue weighted by Gasteiger charge is 2.20. The molecule has 0 saturated carbocycles. The summed E-state index contributed by atoms with van der Waals surface area (Å²) in [6.07, 6.45) is 4.55. The molecular weight excluding hydrogens is 160 g/mol. The van der Waals surface area contributed by atoms with Gasteiger partial charge in [0.1, 0.15) is 5.82 Å². The van der Waals surface area contributed by atoms with Gasteiger partial charge in [0.15, 0.2) is 0 Å². The van der Waals surface area contributed by atoms with Crippen molar-refractivity contribution in [2.75, 3.05) is 0 Å². The second-order valence-electron chi connectivity index (χ2n) is 4.36. The molecule has 0 bridgehead atoms. The van der Waals surface area contributed by atoms with Gasteiger partial charge in [-0.25, -0.2) is 4.98 Å². The van der Waals surface area contributed by atoms with Crippen LogP contribution in [0, 0.1) is 13.8 Å². The van der Waals surface area contributed by atoms with E-state index < -0.39 is 0 Å². The van der Waals surface area contributed by atoms with Crippen LogP contribution in [0.25, 0.3) is 0 Å². The Morgan fingerprint density at radius 3 is 2.38 bits per heavy atom. The van der Waals surface area contributed by atoms with Crippen molar-refractivity contribution in [3.05, 3.63) is 17.7 Å². The summed E-state index contributed by atoms with van der Waals surface area (Å²) in [6, 6.07) is 0. The van der Waals surface area contributed by atoms with E-state index in [-0.39, 0.29) is 5.54 Å². The standard InChI is InChI=1S/C11H20N2/c1-6-7-11(4,5)13-8-9(2)12-10(13)3/h8H,6-7H2,1-5H3. The molecule has 0 radical (unpaired) electrons. The largest absolute Gasteiger partial charge is 0.329 e. The van der Waals surface area contributed by atoms with Crippen molar-refractivity contribution in [2.45, 2.75) is 53.0 Å². The minimum absolute atomic E-state index is 0.208. The van der Waals surface area contributed by atoms with Crippen molar-refractivity contribution in [1.82, 2.24) is 9.55 Å². The van der Waals surface area contributed by atoms with E-state index in [2.05, 4.69) is 43.4 Å².